The van der Waals surface area contributed by atoms with Crippen molar-refractivity contribution in [3.05, 3.63) is 29.8 Å². The molecule has 2 rings (SSSR count). The van der Waals surface area contributed by atoms with Gasteiger partial charge in [-0.25, -0.2) is 4.79 Å². The van der Waals surface area contributed by atoms with E-state index in [0.717, 1.165) is 31.5 Å². The summed E-state index contributed by atoms with van der Waals surface area (Å²) in [6, 6.07) is 4.02. The van der Waals surface area contributed by atoms with Gasteiger partial charge in [-0.15, -0.1) is 0 Å². The number of hydrogen-bond donors (Lipinski definition) is 6. The van der Waals surface area contributed by atoms with Gasteiger partial charge in [0.2, 0.25) is 0 Å². The van der Waals surface area contributed by atoms with Gasteiger partial charge in [0.1, 0.15) is 6.29 Å². The Morgan fingerprint density at radius 1 is 1.35 bits per heavy atom. The van der Waals surface area contributed by atoms with Crippen LogP contribution in [0, 0.1) is 0 Å². The van der Waals surface area contributed by atoms with E-state index in [1.54, 1.807) is 0 Å². The lowest BCUT2D eigenvalue weighted by Gasteiger charge is -2.36. The molecule has 1 saturated heterocycles. The molecular weight excluding hydrogens is 349 g/mol. The maximum absolute atomic E-state index is 12.7. The van der Waals surface area contributed by atoms with E-state index < -0.39 is 24.1 Å². The number of nitrogens with two attached hydrogens (primary N) is 1. The second-order valence-corrected chi connectivity index (χ2v) is 6.23. The van der Waals surface area contributed by atoms with Crippen LogP contribution in [0.4, 0.5) is 23.7 Å². The zero-order valence-corrected chi connectivity index (χ0v) is 14.5. The molecule has 1 fully saturated rings. The minimum absolute atomic E-state index is 0.00310. The van der Waals surface area contributed by atoms with Gasteiger partial charge in [-0.05, 0) is 51.1 Å². The largest absolute Gasteiger partial charge is 0.416 e. The van der Waals surface area contributed by atoms with E-state index in [4.69, 9.17) is 5.73 Å². The van der Waals surface area contributed by atoms with E-state index in [1.165, 1.54) is 12.1 Å². The monoisotopic (exact) mass is 374 g/mol. The van der Waals surface area contributed by atoms with Crippen molar-refractivity contribution in [3.63, 3.8) is 0 Å². The predicted molar refractivity (Wildman–Crippen MR) is 93.2 cm³/mol. The highest BCUT2D eigenvalue weighted by Crippen LogP contribution is 2.30. The third kappa shape index (κ3) is 6.45. The first-order valence-electron chi connectivity index (χ1n) is 8.48. The summed E-state index contributed by atoms with van der Waals surface area (Å²) < 4.78 is 38.2. The highest BCUT2D eigenvalue weighted by atomic mass is 19.4. The van der Waals surface area contributed by atoms with Gasteiger partial charge in [0.25, 0.3) is 0 Å². The zero-order chi connectivity index (χ0) is 19.2. The number of anilines is 1. The standard InChI is InChI=1S/C16H25F3N6O/c1-10-8-13(21-7-3-6-20)24-14(22-10)25-15(26)23-12-5-2-4-11(9-12)16(17,18)19/h2,4-5,9-10,13-14,21-22,24H,3,6-8,20H2,1H3,(H2,23,25,26). The SMILES string of the molecule is CC1CC(NCCCN)NC(NC(=O)Nc2cccc(C(F)(F)F)c2)N1. The lowest BCUT2D eigenvalue weighted by atomic mass is 10.1. The van der Waals surface area contributed by atoms with Crippen molar-refractivity contribution in [2.24, 2.45) is 5.73 Å². The Labute approximate surface area is 150 Å². The van der Waals surface area contributed by atoms with Crippen molar-refractivity contribution in [2.75, 3.05) is 18.4 Å². The Balaban J connectivity index is 1.88. The maximum atomic E-state index is 12.7. The van der Waals surface area contributed by atoms with Crippen LogP contribution in [-0.4, -0.2) is 37.6 Å². The van der Waals surface area contributed by atoms with E-state index in [9.17, 15) is 18.0 Å². The number of urea groups is 1. The van der Waals surface area contributed by atoms with E-state index in [2.05, 4.69) is 26.6 Å². The fourth-order valence-corrected chi connectivity index (χ4v) is 2.70. The molecule has 0 saturated carbocycles. The van der Waals surface area contributed by atoms with E-state index in [1.807, 2.05) is 6.92 Å². The number of rotatable bonds is 6. The Morgan fingerprint density at radius 3 is 2.81 bits per heavy atom. The van der Waals surface area contributed by atoms with Crippen molar-refractivity contribution in [3.8, 4) is 0 Å². The summed E-state index contributed by atoms with van der Waals surface area (Å²) in [4.78, 5) is 12.1. The van der Waals surface area contributed by atoms with Crippen LogP contribution in [0.5, 0.6) is 0 Å². The third-order valence-electron chi connectivity index (χ3n) is 3.90. The molecule has 1 heterocycles. The first kappa shape index (κ1) is 20.4. The molecule has 3 unspecified atom stereocenters. The van der Waals surface area contributed by atoms with E-state index in [-0.39, 0.29) is 17.9 Å². The topological polar surface area (TPSA) is 103 Å². The van der Waals surface area contributed by atoms with Gasteiger partial charge in [0.15, 0.2) is 0 Å². The van der Waals surface area contributed by atoms with Crippen molar-refractivity contribution >= 4 is 11.7 Å². The maximum Gasteiger partial charge on any atom is 0.416 e. The molecule has 1 aromatic rings. The highest BCUT2D eigenvalue weighted by Gasteiger charge is 2.30. The summed E-state index contributed by atoms with van der Waals surface area (Å²) in [5.41, 5.74) is 4.72. The van der Waals surface area contributed by atoms with Crippen LogP contribution >= 0.6 is 0 Å². The highest BCUT2D eigenvalue weighted by molar-refractivity contribution is 5.89. The van der Waals surface area contributed by atoms with Crippen molar-refractivity contribution < 1.29 is 18.0 Å². The second-order valence-electron chi connectivity index (χ2n) is 6.23. The molecule has 0 radical (unpaired) electrons. The fraction of sp³-hybridized carbons (Fsp3) is 0.562. The molecule has 0 bridgehead atoms. The summed E-state index contributed by atoms with van der Waals surface area (Å²) in [7, 11) is 0. The van der Waals surface area contributed by atoms with Crippen LogP contribution in [0.3, 0.4) is 0 Å². The molecule has 7 N–H and O–H groups in total. The number of carbonyl (C=O) groups excluding carboxylic acids is 1. The average Bonchev–Trinajstić information content (AvgIpc) is 2.54. The fourth-order valence-electron chi connectivity index (χ4n) is 2.70. The number of amides is 2. The van der Waals surface area contributed by atoms with Gasteiger partial charge >= 0.3 is 12.2 Å². The first-order valence-corrected chi connectivity index (χ1v) is 8.48. The molecule has 10 heteroatoms. The van der Waals surface area contributed by atoms with Crippen LogP contribution in [-0.2, 0) is 6.18 Å². The Bertz CT molecular complexity index is 598. The molecule has 3 atom stereocenters. The van der Waals surface area contributed by atoms with E-state index in [0.29, 0.717) is 6.54 Å². The number of nitrogens with one attached hydrogen (secondary N) is 5. The van der Waals surface area contributed by atoms with Crippen LogP contribution in [0.1, 0.15) is 25.3 Å². The molecule has 1 aliphatic rings. The average molecular weight is 374 g/mol. The molecule has 7 nitrogen and oxygen atoms in total. The van der Waals surface area contributed by atoms with Crippen LogP contribution in [0.25, 0.3) is 0 Å². The minimum Gasteiger partial charge on any atom is -0.330 e. The van der Waals surface area contributed by atoms with Gasteiger partial charge < -0.3 is 21.7 Å². The van der Waals surface area contributed by atoms with Gasteiger partial charge in [-0.3, -0.25) is 10.6 Å². The summed E-state index contributed by atoms with van der Waals surface area (Å²) >= 11 is 0. The summed E-state index contributed by atoms with van der Waals surface area (Å²) in [6.45, 7) is 3.33. The normalized spacial score (nSPS) is 23.5. The molecular formula is C16H25F3N6O. The second kappa shape index (κ2) is 9.17. The Kier molecular flexibility index (Phi) is 7.21. The lowest BCUT2D eigenvalue weighted by Crippen LogP contribution is -2.67. The number of hydrogen-bond acceptors (Lipinski definition) is 5. The molecule has 1 aromatic carbocycles. The van der Waals surface area contributed by atoms with E-state index >= 15 is 0 Å². The van der Waals surface area contributed by atoms with Crippen LogP contribution < -0.4 is 32.3 Å². The molecule has 0 spiro atoms. The van der Waals surface area contributed by atoms with Gasteiger partial charge in [0, 0.05) is 11.7 Å². The first-order chi connectivity index (χ1) is 12.3. The number of halogens is 3. The number of alkyl halides is 3. The zero-order valence-electron chi connectivity index (χ0n) is 14.5. The number of carbonyl (C=O) groups is 1. The smallest absolute Gasteiger partial charge is 0.330 e. The molecule has 26 heavy (non-hydrogen) atoms. The summed E-state index contributed by atoms with van der Waals surface area (Å²) in [5.74, 6) is 0. The molecule has 146 valence electrons. The van der Waals surface area contributed by atoms with Gasteiger partial charge in [-0.1, -0.05) is 6.07 Å². The Hall–Kier alpha value is -1.88. The van der Waals surface area contributed by atoms with Crippen LogP contribution in [0.2, 0.25) is 0 Å². The third-order valence-corrected chi connectivity index (χ3v) is 3.90. The summed E-state index contributed by atoms with van der Waals surface area (Å²) in [5, 5.41) is 14.7. The lowest BCUT2D eigenvalue weighted by molar-refractivity contribution is -0.137. The molecule has 0 aliphatic carbocycles. The number of benzene rings is 1. The molecule has 0 aromatic heterocycles. The molecule has 2 amide bonds. The summed E-state index contributed by atoms with van der Waals surface area (Å²) in [6.07, 6.45) is -3.32. The Morgan fingerprint density at radius 2 is 2.12 bits per heavy atom. The quantitative estimate of drug-likeness (QED) is 0.422. The molecule has 1 aliphatic heterocycles. The van der Waals surface area contributed by atoms with Crippen molar-refractivity contribution in [1.82, 2.24) is 21.3 Å². The predicted octanol–water partition coefficient (Wildman–Crippen LogP) is 1.35. The minimum atomic E-state index is -4.46. The van der Waals surface area contributed by atoms with Crippen LogP contribution in [0.15, 0.2) is 24.3 Å². The van der Waals surface area contributed by atoms with Gasteiger partial charge in [0.05, 0.1) is 11.7 Å². The van der Waals surface area contributed by atoms with Gasteiger partial charge in [-0.2, -0.15) is 13.2 Å². The van der Waals surface area contributed by atoms with Crippen molar-refractivity contribution in [1.29, 1.82) is 0 Å². The van der Waals surface area contributed by atoms with Crippen molar-refractivity contribution in [2.45, 2.75) is 44.4 Å².